The molecule has 1 rings (SSSR count). The standard InChI is InChI=1S/C5H7F2N/c1-3-4(2-8-3)5(6)7/h3,8H,2H2,1H3/t3-/m0/s1. The van der Waals surface area contributed by atoms with Crippen molar-refractivity contribution in [2.24, 2.45) is 0 Å². The van der Waals surface area contributed by atoms with E-state index in [1.165, 1.54) is 0 Å². The summed E-state index contributed by atoms with van der Waals surface area (Å²) < 4.78 is 23.1. The molecule has 1 nitrogen and oxygen atoms in total. The van der Waals surface area contributed by atoms with E-state index in [0.29, 0.717) is 6.54 Å². The quantitative estimate of drug-likeness (QED) is 0.504. The van der Waals surface area contributed by atoms with Gasteiger partial charge in [-0.15, -0.1) is 0 Å². The maximum atomic E-state index is 11.6. The lowest BCUT2D eigenvalue weighted by atomic mass is 10.0. The predicted octanol–water partition coefficient (Wildman–Crippen LogP) is 1.13. The first kappa shape index (κ1) is 5.69. The minimum atomic E-state index is -1.52. The van der Waals surface area contributed by atoms with Gasteiger partial charge in [-0.05, 0) is 6.92 Å². The summed E-state index contributed by atoms with van der Waals surface area (Å²) in [4.78, 5) is 0. The molecule has 0 spiro atoms. The highest BCUT2D eigenvalue weighted by atomic mass is 19.3. The molecule has 1 heterocycles. The Morgan fingerprint density at radius 2 is 2.38 bits per heavy atom. The zero-order valence-electron chi connectivity index (χ0n) is 4.54. The molecule has 46 valence electrons. The Kier molecular flexibility index (Phi) is 1.29. The predicted molar refractivity (Wildman–Crippen MR) is 26.7 cm³/mol. The molecule has 0 aliphatic carbocycles. The summed E-state index contributed by atoms with van der Waals surface area (Å²) in [6.45, 7) is 2.08. The van der Waals surface area contributed by atoms with Gasteiger partial charge in [-0.25, -0.2) is 0 Å². The van der Waals surface area contributed by atoms with Crippen LogP contribution in [-0.2, 0) is 0 Å². The molecular weight excluding hydrogens is 112 g/mol. The van der Waals surface area contributed by atoms with Crippen LogP contribution in [0.3, 0.4) is 0 Å². The number of hydrogen-bond acceptors (Lipinski definition) is 1. The molecule has 1 atom stereocenters. The molecule has 1 N–H and O–H groups in total. The lowest BCUT2D eigenvalue weighted by Crippen LogP contribution is -2.43. The molecule has 0 radical (unpaired) electrons. The van der Waals surface area contributed by atoms with E-state index in [-0.39, 0.29) is 11.6 Å². The van der Waals surface area contributed by atoms with Crippen LogP contribution in [0.1, 0.15) is 6.92 Å². The second-order valence-electron chi connectivity index (χ2n) is 1.89. The van der Waals surface area contributed by atoms with Crippen LogP contribution >= 0.6 is 0 Å². The van der Waals surface area contributed by atoms with Gasteiger partial charge in [0.1, 0.15) is 0 Å². The van der Waals surface area contributed by atoms with Crippen LogP contribution in [-0.4, -0.2) is 12.6 Å². The van der Waals surface area contributed by atoms with E-state index in [2.05, 4.69) is 5.32 Å². The monoisotopic (exact) mass is 119 g/mol. The van der Waals surface area contributed by atoms with E-state index in [9.17, 15) is 8.78 Å². The van der Waals surface area contributed by atoms with Gasteiger partial charge in [0.25, 0.3) is 6.08 Å². The first-order valence-corrected chi connectivity index (χ1v) is 2.49. The first-order chi connectivity index (χ1) is 3.72. The molecule has 0 aromatic rings. The van der Waals surface area contributed by atoms with Gasteiger partial charge in [-0.2, -0.15) is 8.78 Å². The third kappa shape index (κ3) is 0.733. The maximum absolute atomic E-state index is 11.6. The van der Waals surface area contributed by atoms with Gasteiger partial charge in [0.05, 0.1) is 0 Å². The van der Waals surface area contributed by atoms with Gasteiger partial charge >= 0.3 is 0 Å². The zero-order valence-corrected chi connectivity index (χ0v) is 4.54. The van der Waals surface area contributed by atoms with Crippen LogP contribution in [0, 0.1) is 0 Å². The third-order valence-electron chi connectivity index (χ3n) is 1.36. The molecule has 0 amide bonds. The van der Waals surface area contributed by atoms with E-state index in [0.717, 1.165) is 0 Å². The molecular formula is C5H7F2N. The van der Waals surface area contributed by atoms with Gasteiger partial charge in [-0.1, -0.05) is 0 Å². The van der Waals surface area contributed by atoms with Crippen LogP contribution < -0.4 is 5.32 Å². The number of nitrogens with one attached hydrogen (secondary N) is 1. The smallest absolute Gasteiger partial charge is 0.272 e. The molecule has 1 aliphatic heterocycles. The fourth-order valence-electron chi connectivity index (χ4n) is 0.639. The Morgan fingerprint density at radius 3 is 2.38 bits per heavy atom. The van der Waals surface area contributed by atoms with E-state index in [4.69, 9.17) is 0 Å². The Bertz CT molecular complexity index is 126. The summed E-state index contributed by atoms with van der Waals surface area (Å²) in [7, 11) is 0. The first-order valence-electron chi connectivity index (χ1n) is 2.49. The third-order valence-corrected chi connectivity index (χ3v) is 1.36. The Labute approximate surface area is 46.4 Å². The number of rotatable bonds is 0. The second-order valence-corrected chi connectivity index (χ2v) is 1.89. The highest BCUT2D eigenvalue weighted by molar-refractivity contribution is 5.20. The van der Waals surface area contributed by atoms with E-state index in [1.54, 1.807) is 6.92 Å². The van der Waals surface area contributed by atoms with Gasteiger partial charge in [0.2, 0.25) is 0 Å². The summed E-state index contributed by atoms with van der Waals surface area (Å²) in [6, 6.07) is -0.0972. The average Bonchev–Trinajstić information content (AvgIpc) is 1.61. The van der Waals surface area contributed by atoms with Crippen molar-refractivity contribution in [3.8, 4) is 0 Å². The van der Waals surface area contributed by atoms with Crippen molar-refractivity contribution in [3.63, 3.8) is 0 Å². The lowest BCUT2D eigenvalue weighted by molar-refractivity contribution is 0.371. The largest absolute Gasteiger partial charge is 0.306 e. The van der Waals surface area contributed by atoms with Crippen molar-refractivity contribution in [3.05, 3.63) is 11.7 Å². The lowest BCUT2D eigenvalue weighted by Gasteiger charge is -2.26. The van der Waals surface area contributed by atoms with Crippen LogP contribution in [0.2, 0.25) is 0 Å². The van der Waals surface area contributed by atoms with E-state index < -0.39 is 6.08 Å². The average molecular weight is 119 g/mol. The molecule has 1 saturated heterocycles. The van der Waals surface area contributed by atoms with Crippen LogP contribution in [0.25, 0.3) is 0 Å². The van der Waals surface area contributed by atoms with Gasteiger partial charge < -0.3 is 5.32 Å². The van der Waals surface area contributed by atoms with Crippen molar-refractivity contribution >= 4 is 0 Å². The topological polar surface area (TPSA) is 12.0 Å². The molecule has 1 fully saturated rings. The zero-order chi connectivity index (χ0) is 6.15. The summed E-state index contributed by atoms with van der Waals surface area (Å²) in [5.74, 6) is 0. The second kappa shape index (κ2) is 1.82. The Hall–Kier alpha value is -0.440. The van der Waals surface area contributed by atoms with Crippen LogP contribution in [0.4, 0.5) is 8.78 Å². The Balaban J connectivity index is 2.60. The minimum absolute atomic E-state index is 0.0972. The summed E-state index contributed by atoms with van der Waals surface area (Å²) in [5, 5.41) is 2.80. The van der Waals surface area contributed by atoms with E-state index in [1.807, 2.05) is 0 Å². The minimum Gasteiger partial charge on any atom is -0.306 e. The highest BCUT2D eigenvalue weighted by Gasteiger charge is 2.22. The molecule has 0 bridgehead atoms. The van der Waals surface area contributed by atoms with E-state index >= 15 is 0 Å². The molecule has 0 unspecified atom stereocenters. The summed E-state index contributed by atoms with van der Waals surface area (Å²) in [5.41, 5.74) is 0.255. The van der Waals surface area contributed by atoms with Crippen LogP contribution in [0.15, 0.2) is 11.7 Å². The maximum Gasteiger partial charge on any atom is 0.272 e. The van der Waals surface area contributed by atoms with Crippen molar-refractivity contribution in [2.45, 2.75) is 13.0 Å². The SMILES string of the molecule is C[C@@H]1NCC1=C(F)F. The van der Waals surface area contributed by atoms with Crippen LogP contribution in [0.5, 0.6) is 0 Å². The molecule has 3 heteroatoms. The fourth-order valence-corrected chi connectivity index (χ4v) is 0.639. The van der Waals surface area contributed by atoms with Gasteiger partial charge in [0, 0.05) is 18.2 Å². The molecule has 0 saturated carbocycles. The number of hydrogen-bond donors (Lipinski definition) is 1. The molecule has 1 aliphatic rings. The molecule has 0 aromatic carbocycles. The Morgan fingerprint density at radius 1 is 1.75 bits per heavy atom. The molecule has 8 heavy (non-hydrogen) atoms. The van der Waals surface area contributed by atoms with Crippen molar-refractivity contribution in [1.29, 1.82) is 0 Å². The van der Waals surface area contributed by atoms with Crippen molar-refractivity contribution in [1.82, 2.24) is 5.32 Å². The number of halogens is 2. The van der Waals surface area contributed by atoms with Gasteiger partial charge in [0.15, 0.2) is 0 Å². The summed E-state index contributed by atoms with van der Waals surface area (Å²) >= 11 is 0. The van der Waals surface area contributed by atoms with Gasteiger partial charge in [-0.3, -0.25) is 0 Å². The fraction of sp³-hybridized carbons (Fsp3) is 0.600. The normalized spacial score (nSPS) is 27.4. The molecule has 0 aromatic heterocycles. The van der Waals surface area contributed by atoms with Crippen molar-refractivity contribution in [2.75, 3.05) is 6.54 Å². The summed E-state index contributed by atoms with van der Waals surface area (Å²) in [6.07, 6.45) is -1.52. The van der Waals surface area contributed by atoms with Crippen molar-refractivity contribution < 1.29 is 8.78 Å². The highest BCUT2D eigenvalue weighted by Crippen LogP contribution is 2.17.